The zero-order valence-electron chi connectivity index (χ0n) is 16.7. The Morgan fingerprint density at radius 3 is 2.21 bits per heavy atom. The highest BCUT2D eigenvalue weighted by Gasteiger charge is 2.17. The molecule has 1 heterocycles. The third-order valence-corrected chi connectivity index (χ3v) is 5.17. The van der Waals surface area contributed by atoms with Crippen molar-refractivity contribution in [2.75, 3.05) is 13.1 Å². The number of aliphatic hydroxyl groups excluding tert-OH is 1. The maximum Gasteiger partial charge on any atom is 0.241 e. The maximum absolute atomic E-state index is 12.3. The van der Waals surface area contributed by atoms with Crippen molar-refractivity contribution in [2.24, 2.45) is 5.73 Å². The van der Waals surface area contributed by atoms with Gasteiger partial charge in [0, 0.05) is 26.2 Å². The van der Waals surface area contributed by atoms with Gasteiger partial charge >= 0.3 is 0 Å². The number of amides is 1. The Hall–Kier alpha value is -1.63. The average molecular weight is 440 g/mol. The van der Waals surface area contributed by atoms with E-state index in [1.165, 1.54) is 5.56 Å². The number of rotatable bonds is 6. The second kappa shape index (κ2) is 12.2. The number of halogens is 2. The molecule has 0 saturated carbocycles. The Morgan fingerprint density at radius 2 is 1.62 bits per heavy atom. The van der Waals surface area contributed by atoms with Crippen LogP contribution in [0.15, 0.2) is 48.5 Å². The fourth-order valence-corrected chi connectivity index (χ4v) is 3.32. The lowest BCUT2D eigenvalue weighted by molar-refractivity contribution is -0.122. The Bertz CT molecular complexity index is 746. The molecule has 0 aliphatic carbocycles. The van der Waals surface area contributed by atoms with Gasteiger partial charge in [-0.05, 0) is 36.5 Å². The molecule has 1 saturated heterocycles. The molecule has 3 rings (SSSR count). The minimum Gasteiger partial charge on any atom is -0.393 e. The minimum absolute atomic E-state index is 0. The molecule has 0 aromatic heterocycles. The van der Waals surface area contributed by atoms with Crippen LogP contribution in [-0.4, -0.2) is 35.1 Å². The van der Waals surface area contributed by atoms with E-state index in [1.807, 2.05) is 43.3 Å². The first-order valence-corrected chi connectivity index (χ1v) is 9.59. The number of aliphatic hydroxyl groups is 1. The Morgan fingerprint density at radius 1 is 1.07 bits per heavy atom. The molecule has 1 aliphatic heterocycles. The molecule has 2 aromatic rings. The van der Waals surface area contributed by atoms with Crippen LogP contribution in [0.25, 0.3) is 0 Å². The van der Waals surface area contributed by atoms with Crippen molar-refractivity contribution in [1.82, 2.24) is 10.2 Å². The highest BCUT2D eigenvalue weighted by molar-refractivity contribution is 5.85. The number of hydrogen-bond acceptors (Lipinski definition) is 4. The van der Waals surface area contributed by atoms with E-state index in [0.717, 1.165) is 49.2 Å². The van der Waals surface area contributed by atoms with Gasteiger partial charge in [-0.2, -0.15) is 0 Å². The summed E-state index contributed by atoms with van der Waals surface area (Å²) in [7, 11) is 0. The molecular weight excluding hydrogens is 409 g/mol. The molecule has 5 nitrogen and oxygen atoms in total. The van der Waals surface area contributed by atoms with Crippen LogP contribution in [0.3, 0.4) is 0 Å². The van der Waals surface area contributed by atoms with Gasteiger partial charge in [0.25, 0.3) is 0 Å². The van der Waals surface area contributed by atoms with Crippen LogP contribution in [-0.2, 0) is 17.9 Å². The van der Waals surface area contributed by atoms with E-state index in [2.05, 4.69) is 22.3 Å². The number of hydrogen-bond donors (Lipinski definition) is 3. The largest absolute Gasteiger partial charge is 0.393 e. The lowest BCUT2D eigenvalue weighted by atomic mass is 10.0. The Labute approximate surface area is 185 Å². The van der Waals surface area contributed by atoms with E-state index in [0.29, 0.717) is 6.54 Å². The number of carbonyl (C=O) groups excluding carboxylic acids is 1. The predicted molar refractivity (Wildman–Crippen MR) is 121 cm³/mol. The van der Waals surface area contributed by atoms with E-state index in [-0.39, 0.29) is 36.8 Å². The summed E-state index contributed by atoms with van der Waals surface area (Å²) >= 11 is 0. The van der Waals surface area contributed by atoms with Gasteiger partial charge in [0.05, 0.1) is 6.10 Å². The van der Waals surface area contributed by atoms with E-state index in [4.69, 9.17) is 5.73 Å². The van der Waals surface area contributed by atoms with E-state index < -0.39 is 6.04 Å². The van der Waals surface area contributed by atoms with Crippen LogP contribution in [0.1, 0.15) is 41.1 Å². The van der Waals surface area contributed by atoms with Gasteiger partial charge in [-0.1, -0.05) is 54.1 Å². The summed E-state index contributed by atoms with van der Waals surface area (Å²) in [6.07, 6.45) is 1.56. The van der Waals surface area contributed by atoms with E-state index >= 15 is 0 Å². The Kier molecular flexibility index (Phi) is 10.6. The molecule has 7 heteroatoms. The molecule has 29 heavy (non-hydrogen) atoms. The molecular formula is C22H31Cl2N3O2. The van der Waals surface area contributed by atoms with Crippen molar-refractivity contribution >= 4 is 30.7 Å². The van der Waals surface area contributed by atoms with Gasteiger partial charge < -0.3 is 16.2 Å². The SMILES string of the molecule is Cc1ccc(C(N)C(=O)NCc2ccc(CN3CCC(O)CC3)cc2)cc1.Cl.Cl. The number of nitrogens with zero attached hydrogens (tertiary/aromatic N) is 1. The lowest BCUT2D eigenvalue weighted by Crippen LogP contribution is -2.35. The number of nitrogens with one attached hydrogen (secondary N) is 1. The third-order valence-electron chi connectivity index (χ3n) is 5.17. The molecule has 4 N–H and O–H groups in total. The van der Waals surface area contributed by atoms with Gasteiger partial charge in [-0.25, -0.2) is 0 Å². The topological polar surface area (TPSA) is 78.6 Å². The highest BCUT2D eigenvalue weighted by atomic mass is 35.5. The number of benzene rings is 2. The zero-order valence-corrected chi connectivity index (χ0v) is 18.3. The predicted octanol–water partition coefficient (Wildman–Crippen LogP) is 3.11. The number of likely N-dealkylation sites (tertiary alicyclic amines) is 1. The van der Waals surface area contributed by atoms with Gasteiger partial charge in [0.15, 0.2) is 0 Å². The summed E-state index contributed by atoms with van der Waals surface area (Å²) in [4.78, 5) is 14.7. The summed E-state index contributed by atoms with van der Waals surface area (Å²) in [5, 5.41) is 12.5. The number of aryl methyl sites for hydroxylation is 1. The fourth-order valence-electron chi connectivity index (χ4n) is 3.32. The maximum atomic E-state index is 12.3. The quantitative estimate of drug-likeness (QED) is 0.645. The summed E-state index contributed by atoms with van der Waals surface area (Å²) in [6.45, 7) is 5.26. The van der Waals surface area contributed by atoms with Crippen molar-refractivity contribution in [3.8, 4) is 0 Å². The average Bonchev–Trinajstić information content (AvgIpc) is 2.69. The van der Waals surface area contributed by atoms with Crippen LogP contribution in [0.4, 0.5) is 0 Å². The van der Waals surface area contributed by atoms with Gasteiger partial charge in [0.1, 0.15) is 6.04 Å². The minimum atomic E-state index is -0.653. The molecule has 0 bridgehead atoms. The molecule has 1 atom stereocenters. The standard InChI is InChI=1S/C22H29N3O2.2ClH/c1-16-2-8-19(9-3-16)21(23)22(27)24-14-17-4-6-18(7-5-17)15-25-12-10-20(26)11-13-25;;/h2-9,20-21,26H,10-15,23H2,1H3,(H,24,27);2*1H. The summed E-state index contributed by atoms with van der Waals surface area (Å²) in [6, 6.07) is 15.4. The molecule has 1 fully saturated rings. The Balaban J connectivity index is 0.00000210. The van der Waals surface area contributed by atoms with Crippen LogP contribution in [0.5, 0.6) is 0 Å². The van der Waals surface area contributed by atoms with Gasteiger partial charge in [-0.15, -0.1) is 24.8 Å². The zero-order chi connectivity index (χ0) is 19.2. The van der Waals surface area contributed by atoms with Gasteiger partial charge in [-0.3, -0.25) is 9.69 Å². The second-order valence-electron chi connectivity index (χ2n) is 7.43. The smallest absolute Gasteiger partial charge is 0.241 e. The number of nitrogens with two attached hydrogens (primary N) is 1. The van der Waals surface area contributed by atoms with Crippen molar-refractivity contribution in [3.05, 3.63) is 70.8 Å². The van der Waals surface area contributed by atoms with Crippen molar-refractivity contribution in [2.45, 2.75) is 45.0 Å². The molecule has 1 amide bonds. The van der Waals surface area contributed by atoms with Crippen molar-refractivity contribution in [1.29, 1.82) is 0 Å². The first kappa shape index (κ1) is 25.4. The summed E-state index contributed by atoms with van der Waals surface area (Å²) in [5.41, 5.74) is 10.3. The van der Waals surface area contributed by atoms with E-state index in [9.17, 15) is 9.90 Å². The first-order chi connectivity index (χ1) is 13.0. The third kappa shape index (κ3) is 7.61. The van der Waals surface area contributed by atoms with Crippen LogP contribution >= 0.6 is 24.8 Å². The van der Waals surface area contributed by atoms with Crippen molar-refractivity contribution < 1.29 is 9.90 Å². The highest BCUT2D eigenvalue weighted by Crippen LogP contribution is 2.15. The molecule has 0 spiro atoms. The molecule has 0 radical (unpaired) electrons. The number of carbonyl (C=O) groups is 1. The summed E-state index contributed by atoms with van der Waals surface area (Å²) in [5.74, 6) is -0.171. The molecule has 160 valence electrons. The van der Waals surface area contributed by atoms with Gasteiger partial charge in [0.2, 0.25) is 5.91 Å². The van der Waals surface area contributed by atoms with E-state index in [1.54, 1.807) is 0 Å². The fraction of sp³-hybridized carbons (Fsp3) is 0.409. The molecule has 1 aliphatic rings. The molecule has 1 unspecified atom stereocenters. The number of piperidine rings is 1. The summed E-state index contributed by atoms with van der Waals surface area (Å²) < 4.78 is 0. The monoisotopic (exact) mass is 439 g/mol. The molecule has 2 aromatic carbocycles. The normalized spacial score (nSPS) is 15.7. The second-order valence-corrected chi connectivity index (χ2v) is 7.43. The van der Waals surface area contributed by atoms with Crippen LogP contribution < -0.4 is 11.1 Å². The van der Waals surface area contributed by atoms with Crippen LogP contribution in [0, 0.1) is 6.92 Å². The lowest BCUT2D eigenvalue weighted by Gasteiger charge is -2.29. The van der Waals surface area contributed by atoms with Crippen molar-refractivity contribution in [3.63, 3.8) is 0 Å². The van der Waals surface area contributed by atoms with Crippen LogP contribution in [0.2, 0.25) is 0 Å². The first-order valence-electron chi connectivity index (χ1n) is 9.59.